The van der Waals surface area contributed by atoms with E-state index in [1.807, 2.05) is 34.9 Å². The highest BCUT2D eigenvalue weighted by Gasteiger charge is 2.44. The van der Waals surface area contributed by atoms with Gasteiger partial charge < -0.3 is 15.2 Å². The number of imide groups is 1. The number of nitrogens with zero attached hydrogens (tertiary/aromatic N) is 4. The summed E-state index contributed by atoms with van der Waals surface area (Å²) >= 11 is 0. The van der Waals surface area contributed by atoms with Crippen molar-refractivity contribution >= 4 is 17.8 Å². The molecule has 2 N–H and O–H groups in total. The van der Waals surface area contributed by atoms with Crippen molar-refractivity contribution in [2.24, 2.45) is 0 Å². The Labute approximate surface area is 156 Å². The molecule has 0 aliphatic carbocycles. The van der Waals surface area contributed by atoms with Crippen LogP contribution in [0.3, 0.4) is 0 Å². The molecule has 1 aliphatic rings. The zero-order valence-corrected chi connectivity index (χ0v) is 15.3. The summed E-state index contributed by atoms with van der Waals surface area (Å²) in [6, 6.07) is 9.47. The summed E-state index contributed by atoms with van der Waals surface area (Å²) in [7, 11) is 0. The Morgan fingerprint density at radius 1 is 1.22 bits per heavy atom. The molecule has 1 aromatic heterocycles. The van der Waals surface area contributed by atoms with Crippen LogP contribution in [-0.4, -0.2) is 49.6 Å². The standard InChI is InChI=1S/C18H22N6O3/c1-18(2)16(26)24(17(27)21-18)11-15(25)19-10-14-22-20-12-23(14)9-8-13-6-4-3-5-7-13/h3-7,12H,8-11H2,1-2H3,(H,19,25)(H,21,27). The maximum absolute atomic E-state index is 12.1. The summed E-state index contributed by atoms with van der Waals surface area (Å²) in [6.45, 7) is 3.72. The molecule has 27 heavy (non-hydrogen) atoms. The second kappa shape index (κ2) is 7.56. The van der Waals surface area contributed by atoms with E-state index in [-0.39, 0.29) is 13.1 Å². The van der Waals surface area contributed by atoms with Gasteiger partial charge in [0.1, 0.15) is 18.4 Å². The van der Waals surface area contributed by atoms with Crippen molar-refractivity contribution < 1.29 is 14.4 Å². The zero-order chi connectivity index (χ0) is 19.4. The number of urea groups is 1. The number of rotatable bonds is 7. The van der Waals surface area contributed by atoms with Gasteiger partial charge in [-0.2, -0.15) is 0 Å². The minimum atomic E-state index is -0.991. The van der Waals surface area contributed by atoms with E-state index in [4.69, 9.17) is 0 Å². The summed E-state index contributed by atoms with van der Waals surface area (Å²) in [5, 5.41) is 13.1. The maximum atomic E-state index is 12.1. The molecule has 0 spiro atoms. The normalized spacial score (nSPS) is 15.7. The minimum absolute atomic E-state index is 0.167. The van der Waals surface area contributed by atoms with E-state index in [2.05, 4.69) is 20.8 Å². The number of benzene rings is 1. The Bertz CT molecular complexity index is 846. The van der Waals surface area contributed by atoms with Gasteiger partial charge in [0.05, 0.1) is 6.54 Å². The lowest BCUT2D eigenvalue weighted by molar-refractivity contribution is -0.134. The predicted molar refractivity (Wildman–Crippen MR) is 96.3 cm³/mol. The number of hydrogen-bond donors (Lipinski definition) is 2. The molecule has 0 saturated carbocycles. The van der Waals surface area contributed by atoms with Gasteiger partial charge in [0.2, 0.25) is 5.91 Å². The predicted octanol–water partition coefficient (Wildman–Crippen LogP) is 0.467. The lowest BCUT2D eigenvalue weighted by atomic mass is 10.1. The van der Waals surface area contributed by atoms with Crippen molar-refractivity contribution in [1.29, 1.82) is 0 Å². The van der Waals surface area contributed by atoms with E-state index < -0.39 is 23.4 Å². The number of carbonyl (C=O) groups is 3. The molecule has 1 fully saturated rings. The van der Waals surface area contributed by atoms with Crippen LogP contribution in [0.15, 0.2) is 36.7 Å². The van der Waals surface area contributed by atoms with Crippen molar-refractivity contribution in [1.82, 2.24) is 30.3 Å². The quantitative estimate of drug-likeness (QED) is 0.689. The Hall–Kier alpha value is -3.23. The highest BCUT2D eigenvalue weighted by atomic mass is 16.2. The van der Waals surface area contributed by atoms with Crippen LogP contribution in [0.2, 0.25) is 0 Å². The molecule has 0 atom stereocenters. The van der Waals surface area contributed by atoms with Crippen LogP contribution in [0, 0.1) is 0 Å². The molecule has 2 heterocycles. The fraction of sp³-hybridized carbons (Fsp3) is 0.389. The number of aromatic nitrogens is 3. The highest BCUT2D eigenvalue weighted by Crippen LogP contribution is 2.15. The van der Waals surface area contributed by atoms with Crippen LogP contribution < -0.4 is 10.6 Å². The van der Waals surface area contributed by atoms with Crippen LogP contribution in [-0.2, 0) is 29.1 Å². The third kappa shape index (κ3) is 4.30. The Kier molecular flexibility index (Phi) is 5.20. The monoisotopic (exact) mass is 370 g/mol. The molecule has 1 aliphatic heterocycles. The van der Waals surface area contributed by atoms with Crippen molar-refractivity contribution in [3.8, 4) is 0 Å². The van der Waals surface area contributed by atoms with E-state index in [1.165, 1.54) is 5.56 Å². The summed E-state index contributed by atoms with van der Waals surface area (Å²) in [5.74, 6) is -0.251. The van der Waals surface area contributed by atoms with Gasteiger partial charge in [-0.3, -0.25) is 14.5 Å². The zero-order valence-electron chi connectivity index (χ0n) is 15.3. The molecule has 0 radical (unpaired) electrons. The molecule has 9 nitrogen and oxygen atoms in total. The molecule has 4 amide bonds. The second-order valence-corrected chi connectivity index (χ2v) is 6.90. The smallest absolute Gasteiger partial charge is 0.325 e. The largest absolute Gasteiger partial charge is 0.347 e. The molecular formula is C18H22N6O3. The van der Waals surface area contributed by atoms with Crippen LogP contribution in [0.25, 0.3) is 0 Å². The van der Waals surface area contributed by atoms with E-state index in [0.29, 0.717) is 12.4 Å². The van der Waals surface area contributed by atoms with Gasteiger partial charge in [0.25, 0.3) is 5.91 Å². The highest BCUT2D eigenvalue weighted by molar-refractivity contribution is 6.08. The Balaban J connectivity index is 1.52. The molecule has 0 bridgehead atoms. The first-order valence-corrected chi connectivity index (χ1v) is 8.68. The minimum Gasteiger partial charge on any atom is -0.347 e. The van der Waals surface area contributed by atoms with Gasteiger partial charge in [-0.15, -0.1) is 10.2 Å². The lowest BCUT2D eigenvalue weighted by Gasteiger charge is -2.15. The summed E-state index contributed by atoms with van der Waals surface area (Å²) in [5.41, 5.74) is 0.206. The summed E-state index contributed by atoms with van der Waals surface area (Å²) < 4.78 is 1.87. The Morgan fingerprint density at radius 3 is 2.63 bits per heavy atom. The molecule has 0 unspecified atom stereocenters. The average molecular weight is 370 g/mol. The summed E-state index contributed by atoms with van der Waals surface area (Å²) in [4.78, 5) is 37.0. The van der Waals surface area contributed by atoms with E-state index in [9.17, 15) is 14.4 Å². The van der Waals surface area contributed by atoms with Gasteiger partial charge in [-0.25, -0.2) is 4.79 Å². The molecule has 1 aromatic carbocycles. The van der Waals surface area contributed by atoms with Crippen molar-refractivity contribution in [3.05, 3.63) is 48.0 Å². The van der Waals surface area contributed by atoms with Crippen LogP contribution in [0.5, 0.6) is 0 Å². The molecular weight excluding hydrogens is 348 g/mol. The molecule has 2 aromatic rings. The SMILES string of the molecule is CC1(C)NC(=O)N(CC(=O)NCc2nncn2CCc2ccccc2)C1=O. The van der Waals surface area contributed by atoms with E-state index in [0.717, 1.165) is 11.3 Å². The first-order chi connectivity index (χ1) is 12.9. The third-order valence-electron chi connectivity index (χ3n) is 4.37. The number of hydrogen-bond acceptors (Lipinski definition) is 5. The molecule has 142 valence electrons. The van der Waals surface area contributed by atoms with Crippen LogP contribution >= 0.6 is 0 Å². The van der Waals surface area contributed by atoms with Gasteiger partial charge >= 0.3 is 6.03 Å². The first kappa shape index (κ1) is 18.6. The van der Waals surface area contributed by atoms with Crippen molar-refractivity contribution in [3.63, 3.8) is 0 Å². The Morgan fingerprint density at radius 2 is 1.96 bits per heavy atom. The summed E-state index contributed by atoms with van der Waals surface area (Å²) in [6.07, 6.45) is 2.43. The van der Waals surface area contributed by atoms with Crippen LogP contribution in [0.4, 0.5) is 4.79 Å². The van der Waals surface area contributed by atoms with Gasteiger partial charge in [-0.05, 0) is 25.8 Å². The topological polar surface area (TPSA) is 109 Å². The number of aryl methyl sites for hydroxylation is 2. The number of amides is 4. The third-order valence-corrected chi connectivity index (χ3v) is 4.37. The molecule has 1 saturated heterocycles. The fourth-order valence-corrected chi connectivity index (χ4v) is 2.84. The van der Waals surface area contributed by atoms with Crippen molar-refractivity contribution in [2.75, 3.05) is 6.54 Å². The van der Waals surface area contributed by atoms with Gasteiger partial charge in [-0.1, -0.05) is 30.3 Å². The van der Waals surface area contributed by atoms with Gasteiger partial charge in [0.15, 0.2) is 5.82 Å². The second-order valence-electron chi connectivity index (χ2n) is 6.90. The van der Waals surface area contributed by atoms with Crippen molar-refractivity contribution in [2.45, 2.75) is 38.9 Å². The lowest BCUT2D eigenvalue weighted by Crippen LogP contribution is -2.43. The average Bonchev–Trinajstić information content (AvgIpc) is 3.16. The van der Waals surface area contributed by atoms with E-state index in [1.54, 1.807) is 20.2 Å². The molecule has 3 rings (SSSR count). The first-order valence-electron chi connectivity index (χ1n) is 8.68. The number of nitrogens with one attached hydrogen (secondary N) is 2. The molecule has 9 heteroatoms. The number of carbonyl (C=O) groups excluding carboxylic acids is 3. The van der Waals surface area contributed by atoms with Crippen LogP contribution in [0.1, 0.15) is 25.2 Å². The fourth-order valence-electron chi connectivity index (χ4n) is 2.84. The maximum Gasteiger partial charge on any atom is 0.325 e. The van der Waals surface area contributed by atoms with E-state index >= 15 is 0 Å². The van der Waals surface area contributed by atoms with Gasteiger partial charge in [0, 0.05) is 6.54 Å².